The lowest BCUT2D eigenvalue weighted by molar-refractivity contribution is 0.0205. The number of guanidine groups is 1. The van der Waals surface area contributed by atoms with Crippen molar-refractivity contribution in [2.75, 3.05) is 38.3 Å². The molecule has 0 saturated carbocycles. The first-order valence-electron chi connectivity index (χ1n) is 9.15. The molecule has 1 aliphatic heterocycles. The number of rotatable bonds is 7. The van der Waals surface area contributed by atoms with Gasteiger partial charge in [-0.25, -0.2) is 0 Å². The second kappa shape index (κ2) is 11.0. The molecule has 1 saturated heterocycles. The minimum absolute atomic E-state index is 0. The van der Waals surface area contributed by atoms with Crippen molar-refractivity contribution in [2.24, 2.45) is 16.6 Å². The molecule has 0 atom stereocenters. The number of hydrogen-bond donors (Lipinski definition) is 2. The first-order chi connectivity index (χ1) is 11.8. The Morgan fingerprint density at radius 2 is 2.04 bits per heavy atom. The molecular formula is C19H30IN3O2. The highest BCUT2D eigenvalue weighted by Crippen LogP contribution is 2.24. The second-order valence-electron chi connectivity index (χ2n) is 6.71. The van der Waals surface area contributed by atoms with Crippen LogP contribution >= 0.6 is 24.0 Å². The van der Waals surface area contributed by atoms with Gasteiger partial charge in [0.05, 0.1) is 0 Å². The van der Waals surface area contributed by atoms with Crippen molar-refractivity contribution in [2.45, 2.75) is 38.5 Å². The van der Waals surface area contributed by atoms with E-state index < -0.39 is 0 Å². The molecule has 0 amide bonds. The summed E-state index contributed by atoms with van der Waals surface area (Å²) in [6, 6.07) is 6.48. The number of aryl methyl sites for hydroxylation is 2. The van der Waals surface area contributed by atoms with Crippen LogP contribution < -0.4 is 11.1 Å². The van der Waals surface area contributed by atoms with Crippen molar-refractivity contribution in [3.63, 3.8) is 0 Å². The fourth-order valence-electron chi connectivity index (χ4n) is 3.37. The van der Waals surface area contributed by atoms with Gasteiger partial charge in [0.1, 0.15) is 0 Å². The van der Waals surface area contributed by atoms with E-state index in [9.17, 15) is 0 Å². The summed E-state index contributed by atoms with van der Waals surface area (Å²) in [6.45, 7) is 4.03. The van der Waals surface area contributed by atoms with Crippen molar-refractivity contribution in [1.29, 1.82) is 0 Å². The Balaban J connectivity index is 0.00000225. The third-order valence-corrected chi connectivity index (χ3v) is 4.79. The summed E-state index contributed by atoms with van der Waals surface area (Å²) in [6.07, 6.45) is 6.77. The highest BCUT2D eigenvalue weighted by Gasteiger charge is 2.13. The van der Waals surface area contributed by atoms with Crippen LogP contribution in [0, 0.1) is 5.92 Å². The summed E-state index contributed by atoms with van der Waals surface area (Å²) in [5.74, 6) is 1.14. The van der Waals surface area contributed by atoms with Gasteiger partial charge in [-0.15, -0.1) is 24.0 Å². The van der Waals surface area contributed by atoms with Crippen LogP contribution in [-0.2, 0) is 22.3 Å². The molecule has 2 aliphatic rings. The van der Waals surface area contributed by atoms with Gasteiger partial charge in [0.15, 0.2) is 5.96 Å². The van der Waals surface area contributed by atoms with Gasteiger partial charge in [0.2, 0.25) is 0 Å². The monoisotopic (exact) mass is 459 g/mol. The van der Waals surface area contributed by atoms with E-state index in [0.29, 0.717) is 18.4 Å². The maximum absolute atomic E-state index is 5.97. The predicted molar refractivity (Wildman–Crippen MR) is 113 cm³/mol. The minimum Gasteiger partial charge on any atom is -0.381 e. The lowest BCUT2D eigenvalue weighted by Crippen LogP contribution is -2.23. The number of anilines is 1. The topological polar surface area (TPSA) is 68.9 Å². The SMILES string of the molecule is I.NC(=NCCCOCC1CCOCC1)Nc1ccc2c(c1)CCC2. The Labute approximate surface area is 167 Å². The molecular weight excluding hydrogens is 429 g/mol. The molecule has 0 unspecified atom stereocenters. The molecule has 140 valence electrons. The van der Waals surface area contributed by atoms with E-state index in [-0.39, 0.29) is 24.0 Å². The zero-order chi connectivity index (χ0) is 16.6. The van der Waals surface area contributed by atoms with E-state index in [2.05, 4.69) is 28.5 Å². The quantitative estimate of drug-likeness (QED) is 0.284. The van der Waals surface area contributed by atoms with E-state index in [1.54, 1.807) is 0 Å². The molecule has 0 spiro atoms. The molecule has 1 heterocycles. The smallest absolute Gasteiger partial charge is 0.193 e. The molecule has 1 fully saturated rings. The van der Waals surface area contributed by atoms with Gasteiger partial charge < -0.3 is 20.5 Å². The van der Waals surface area contributed by atoms with Crippen LogP contribution in [0.1, 0.15) is 36.8 Å². The summed E-state index contributed by atoms with van der Waals surface area (Å²) in [4.78, 5) is 4.38. The normalized spacial score (nSPS) is 17.8. The van der Waals surface area contributed by atoms with E-state index in [4.69, 9.17) is 15.2 Å². The molecule has 0 bridgehead atoms. The molecule has 0 aromatic heterocycles. The number of fused-ring (bicyclic) bond motifs is 1. The fraction of sp³-hybridized carbons (Fsp3) is 0.632. The van der Waals surface area contributed by atoms with E-state index in [1.807, 2.05) is 0 Å². The highest BCUT2D eigenvalue weighted by atomic mass is 127. The average molecular weight is 459 g/mol. The Morgan fingerprint density at radius 3 is 2.88 bits per heavy atom. The van der Waals surface area contributed by atoms with Crippen LogP contribution in [0.2, 0.25) is 0 Å². The van der Waals surface area contributed by atoms with Crippen LogP contribution in [0.25, 0.3) is 0 Å². The standard InChI is InChI=1S/C19H29N3O2.HI/c20-19(22-18-6-5-16-3-1-4-17(16)13-18)21-9-2-10-24-14-15-7-11-23-12-8-15;/h5-6,13,15H,1-4,7-12,14H2,(H3,20,21,22);1H. The molecule has 3 rings (SSSR count). The van der Waals surface area contributed by atoms with Crippen LogP contribution in [0.5, 0.6) is 0 Å². The van der Waals surface area contributed by atoms with Gasteiger partial charge in [-0.2, -0.15) is 0 Å². The first kappa shape index (κ1) is 20.5. The van der Waals surface area contributed by atoms with E-state index in [1.165, 1.54) is 30.4 Å². The van der Waals surface area contributed by atoms with E-state index in [0.717, 1.165) is 51.4 Å². The zero-order valence-electron chi connectivity index (χ0n) is 14.8. The third-order valence-electron chi connectivity index (χ3n) is 4.79. The van der Waals surface area contributed by atoms with Crippen molar-refractivity contribution >= 4 is 35.6 Å². The molecule has 5 nitrogen and oxygen atoms in total. The van der Waals surface area contributed by atoms with Crippen LogP contribution in [0.15, 0.2) is 23.2 Å². The van der Waals surface area contributed by atoms with Gasteiger partial charge in [-0.05, 0) is 67.7 Å². The lowest BCUT2D eigenvalue weighted by Gasteiger charge is -2.21. The van der Waals surface area contributed by atoms with Crippen molar-refractivity contribution in [3.8, 4) is 0 Å². The maximum Gasteiger partial charge on any atom is 0.193 e. The number of aliphatic imine (C=N–C) groups is 1. The molecule has 0 radical (unpaired) electrons. The number of nitrogens with zero attached hydrogens (tertiary/aromatic N) is 1. The van der Waals surface area contributed by atoms with Gasteiger partial charge in [0.25, 0.3) is 0 Å². The number of benzene rings is 1. The molecule has 3 N–H and O–H groups in total. The second-order valence-corrected chi connectivity index (χ2v) is 6.71. The fourth-order valence-corrected chi connectivity index (χ4v) is 3.37. The van der Waals surface area contributed by atoms with Crippen LogP contribution in [0.3, 0.4) is 0 Å². The maximum atomic E-state index is 5.97. The number of ether oxygens (including phenoxy) is 2. The summed E-state index contributed by atoms with van der Waals surface area (Å²) in [7, 11) is 0. The van der Waals surface area contributed by atoms with Gasteiger partial charge in [-0.1, -0.05) is 6.07 Å². The van der Waals surface area contributed by atoms with Crippen LogP contribution in [0.4, 0.5) is 5.69 Å². The number of nitrogens with one attached hydrogen (secondary N) is 1. The van der Waals surface area contributed by atoms with Crippen molar-refractivity contribution < 1.29 is 9.47 Å². The lowest BCUT2D eigenvalue weighted by atomic mass is 10.0. The Morgan fingerprint density at radius 1 is 1.24 bits per heavy atom. The molecule has 1 aromatic carbocycles. The summed E-state index contributed by atoms with van der Waals surface area (Å²) < 4.78 is 11.1. The van der Waals surface area contributed by atoms with Crippen molar-refractivity contribution in [1.82, 2.24) is 0 Å². The summed E-state index contributed by atoms with van der Waals surface area (Å²) in [5, 5.41) is 3.19. The van der Waals surface area contributed by atoms with Crippen LogP contribution in [-0.4, -0.2) is 38.9 Å². The molecule has 6 heteroatoms. The Hall–Kier alpha value is -0.860. The molecule has 1 aromatic rings. The molecule has 25 heavy (non-hydrogen) atoms. The number of hydrogen-bond acceptors (Lipinski definition) is 3. The largest absolute Gasteiger partial charge is 0.381 e. The number of halogens is 1. The summed E-state index contributed by atoms with van der Waals surface area (Å²) >= 11 is 0. The van der Waals surface area contributed by atoms with Crippen molar-refractivity contribution in [3.05, 3.63) is 29.3 Å². The number of nitrogens with two attached hydrogens (primary N) is 1. The minimum atomic E-state index is 0. The zero-order valence-corrected chi connectivity index (χ0v) is 17.2. The molecule has 1 aliphatic carbocycles. The van der Waals surface area contributed by atoms with Gasteiger partial charge in [-0.3, -0.25) is 4.99 Å². The van der Waals surface area contributed by atoms with Gasteiger partial charge >= 0.3 is 0 Å². The predicted octanol–water partition coefficient (Wildman–Crippen LogP) is 3.35. The van der Waals surface area contributed by atoms with E-state index >= 15 is 0 Å². The highest BCUT2D eigenvalue weighted by molar-refractivity contribution is 14.0. The average Bonchev–Trinajstić information content (AvgIpc) is 3.06. The first-order valence-corrected chi connectivity index (χ1v) is 9.15. The Bertz CT molecular complexity index is 560. The summed E-state index contributed by atoms with van der Waals surface area (Å²) in [5.41, 5.74) is 9.91. The Kier molecular flexibility index (Phi) is 8.98. The van der Waals surface area contributed by atoms with Gasteiger partial charge in [0, 0.05) is 38.7 Å². The third kappa shape index (κ3) is 6.75.